The van der Waals surface area contributed by atoms with Crippen LogP contribution in [0.25, 0.3) is 28.1 Å². The number of benzene rings is 1. The molecule has 4 aromatic rings. The summed E-state index contributed by atoms with van der Waals surface area (Å²) < 4.78 is 63.6. The molecule has 2 atom stereocenters. The first-order valence-electron chi connectivity index (χ1n) is 11.3. The number of nitrogens with zero attached hydrogens (tertiary/aromatic N) is 5. The number of aromatic nitrogens is 4. The summed E-state index contributed by atoms with van der Waals surface area (Å²) in [7, 11) is 0. The highest BCUT2D eigenvalue weighted by Crippen LogP contribution is 2.39. The van der Waals surface area contributed by atoms with Gasteiger partial charge in [0.25, 0.3) is 0 Å². The van der Waals surface area contributed by atoms with Crippen LogP contribution in [0, 0.1) is 5.82 Å². The van der Waals surface area contributed by atoms with Gasteiger partial charge in [0.2, 0.25) is 0 Å². The summed E-state index contributed by atoms with van der Waals surface area (Å²) in [5.74, 6) is 0.0802. The molecule has 0 unspecified atom stereocenters. The quantitative estimate of drug-likeness (QED) is 0.373. The minimum atomic E-state index is -4.49. The normalized spacial score (nSPS) is 17.6. The van der Waals surface area contributed by atoms with E-state index in [1.54, 1.807) is 12.1 Å². The van der Waals surface area contributed by atoms with E-state index in [-0.39, 0.29) is 54.8 Å². The van der Waals surface area contributed by atoms with Crippen LogP contribution in [0.1, 0.15) is 31.9 Å². The van der Waals surface area contributed by atoms with Crippen LogP contribution >= 0.6 is 12.4 Å². The molecule has 1 fully saturated rings. The largest absolute Gasteiger partial charge is 0.489 e. The third-order valence-electron chi connectivity index (χ3n) is 5.99. The standard InChI is InChI=1S/C24H24F4N6O.ClH/c1-13(2)35-19-10-16(25)9-14-3-5-18(30-21(14)19)23-32-31-20-6-4-15(11-34(20)23)22(24(26,27)28)33-8-7-17(29)12-33;/h3-6,9-11,13,17,22H,7-8,12,29H2,1-2H3;1H/t17-,22+;/m0./s1. The molecule has 0 radical (unpaired) electrons. The molecule has 0 saturated carbocycles. The molecular formula is C24H25ClF4N6O. The second-order valence-corrected chi connectivity index (χ2v) is 9.04. The number of nitrogens with two attached hydrogens (primary N) is 1. The Labute approximate surface area is 210 Å². The minimum absolute atomic E-state index is 0. The van der Waals surface area contributed by atoms with E-state index < -0.39 is 18.0 Å². The van der Waals surface area contributed by atoms with Crippen LogP contribution in [-0.4, -0.2) is 55.9 Å². The minimum Gasteiger partial charge on any atom is -0.489 e. The maximum atomic E-state index is 14.1. The van der Waals surface area contributed by atoms with Crippen LogP contribution in [0.15, 0.2) is 42.6 Å². The second-order valence-electron chi connectivity index (χ2n) is 9.04. The van der Waals surface area contributed by atoms with Crippen LogP contribution in [0.5, 0.6) is 5.75 Å². The Balaban J connectivity index is 0.00000304. The molecule has 0 bridgehead atoms. The van der Waals surface area contributed by atoms with Gasteiger partial charge in [0.05, 0.1) is 6.10 Å². The van der Waals surface area contributed by atoms with Gasteiger partial charge < -0.3 is 10.5 Å². The maximum absolute atomic E-state index is 14.1. The third kappa shape index (κ3) is 4.95. The van der Waals surface area contributed by atoms with Gasteiger partial charge in [-0.05, 0) is 44.0 Å². The highest BCUT2D eigenvalue weighted by atomic mass is 35.5. The lowest BCUT2D eigenvalue weighted by molar-refractivity contribution is -0.183. The molecule has 5 rings (SSSR count). The molecule has 0 spiro atoms. The summed E-state index contributed by atoms with van der Waals surface area (Å²) in [5.41, 5.74) is 7.11. The van der Waals surface area contributed by atoms with Gasteiger partial charge in [0.1, 0.15) is 28.8 Å². The predicted molar refractivity (Wildman–Crippen MR) is 130 cm³/mol. The molecule has 4 heterocycles. The monoisotopic (exact) mass is 524 g/mol. The number of alkyl halides is 3. The van der Waals surface area contributed by atoms with E-state index in [2.05, 4.69) is 15.2 Å². The van der Waals surface area contributed by atoms with Gasteiger partial charge in [-0.1, -0.05) is 12.1 Å². The van der Waals surface area contributed by atoms with E-state index in [4.69, 9.17) is 10.5 Å². The molecule has 192 valence electrons. The maximum Gasteiger partial charge on any atom is 0.408 e. The lowest BCUT2D eigenvalue weighted by Gasteiger charge is -2.30. The first-order valence-corrected chi connectivity index (χ1v) is 11.3. The van der Waals surface area contributed by atoms with Crippen LogP contribution < -0.4 is 10.5 Å². The molecule has 3 aromatic heterocycles. The number of fused-ring (bicyclic) bond motifs is 2. The van der Waals surface area contributed by atoms with Gasteiger partial charge >= 0.3 is 6.18 Å². The summed E-state index contributed by atoms with van der Waals surface area (Å²) in [6.07, 6.45) is -2.79. The van der Waals surface area contributed by atoms with Gasteiger partial charge in [-0.25, -0.2) is 9.37 Å². The van der Waals surface area contributed by atoms with Gasteiger partial charge in [-0.3, -0.25) is 9.30 Å². The van der Waals surface area contributed by atoms with E-state index in [0.29, 0.717) is 28.7 Å². The van der Waals surface area contributed by atoms with Crippen molar-refractivity contribution < 1.29 is 22.3 Å². The van der Waals surface area contributed by atoms with Gasteiger partial charge in [-0.2, -0.15) is 13.2 Å². The number of pyridine rings is 2. The van der Waals surface area contributed by atoms with Crippen LogP contribution in [0.2, 0.25) is 0 Å². The van der Waals surface area contributed by atoms with Gasteiger partial charge in [0.15, 0.2) is 11.5 Å². The Morgan fingerprint density at radius 1 is 1.11 bits per heavy atom. The Kier molecular flexibility index (Phi) is 7.09. The summed E-state index contributed by atoms with van der Waals surface area (Å²) in [4.78, 5) is 5.96. The molecule has 1 saturated heterocycles. The van der Waals surface area contributed by atoms with E-state index in [1.807, 2.05) is 13.8 Å². The molecule has 1 aliphatic heterocycles. The lowest BCUT2D eigenvalue weighted by atomic mass is 10.1. The topological polar surface area (TPSA) is 81.6 Å². The highest BCUT2D eigenvalue weighted by Gasteiger charge is 2.46. The number of ether oxygens (including phenoxy) is 1. The van der Waals surface area contributed by atoms with E-state index in [9.17, 15) is 17.6 Å². The number of hydrogen-bond donors (Lipinski definition) is 1. The Bertz CT molecular complexity index is 1390. The van der Waals surface area contributed by atoms with Crippen molar-refractivity contribution in [1.29, 1.82) is 0 Å². The zero-order valence-corrected chi connectivity index (χ0v) is 20.4. The van der Waals surface area contributed by atoms with Crippen molar-refractivity contribution >= 4 is 29.0 Å². The summed E-state index contributed by atoms with van der Waals surface area (Å²) in [5, 5.41) is 8.80. The fourth-order valence-corrected chi connectivity index (χ4v) is 4.54. The molecule has 1 aliphatic rings. The smallest absolute Gasteiger partial charge is 0.408 e. The van der Waals surface area contributed by atoms with Gasteiger partial charge in [-0.15, -0.1) is 22.6 Å². The van der Waals surface area contributed by atoms with Crippen LogP contribution in [-0.2, 0) is 0 Å². The van der Waals surface area contributed by atoms with E-state index in [0.717, 1.165) is 0 Å². The highest BCUT2D eigenvalue weighted by molar-refractivity contribution is 5.86. The van der Waals surface area contributed by atoms with Crippen molar-refractivity contribution in [3.63, 3.8) is 0 Å². The predicted octanol–water partition coefficient (Wildman–Crippen LogP) is 4.93. The first-order chi connectivity index (χ1) is 16.6. The van der Waals surface area contributed by atoms with Crippen molar-refractivity contribution in [2.75, 3.05) is 13.1 Å². The molecule has 36 heavy (non-hydrogen) atoms. The number of halogens is 5. The fourth-order valence-electron chi connectivity index (χ4n) is 4.54. The SMILES string of the molecule is CC(C)Oc1cc(F)cc2ccc(-c3nnc4ccc([C@@H](N5CC[C@H](N)C5)C(F)(F)F)cn34)nc12.Cl. The molecule has 1 aromatic carbocycles. The summed E-state index contributed by atoms with van der Waals surface area (Å²) in [6.45, 7) is 4.06. The molecule has 7 nitrogen and oxygen atoms in total. The van der Waals surface area contributed by atoms with E-state index in [1.165, 1.54) is 39.8 Å². The van der Waals surface area contributed by atoms with Crippen molar-refractivity contribution in [1.82, 2.24) is 24.5 Å². The molecule has 12 heteroatoms. The molecular weight excluding hydrogens is 500 g/mol. The average Bonchev–Trinajstić information content (AvgIpc) is 3.38. The van der Waals surface area contributed by atoms with E-state index >= 15 is 0 Å². The molecule has 0 aliphatic carbocycles. The number of likely N-dealkylation sites (tertiary alicyclic amines) is 1. The van der Waals surface area contributed by atoms with Crippen molar-refractivity contribution in [2.24, 2.45) is 5.73 Å². The van der Waals surface area contributed by atoms with Crippen LogP contribution in [0.4, 0.5) is 17.6 Å². The molecule has 0 amide bonds. The van der Waals surface area contributed by atoms with Gasteiger partial charge in [0, 0.05) is 36.8 Å². The number of hydrogen-bond acceptors (Lipinski definition) is 6. The van der Waals surface area contributed by atoms with Crippen LogP contribution in [0.3, 0.4) is 0 Å². The lowest BCUT2D eigenvalue weighted by Crippen LogP contribution is -2.38. The zero-order valence-electron chi connectivity index (χ0n) is 19.5. The first kappa shape index (κ1) is 26.1. The molecule has 2 N–H and O–H groups in total. The summed E-state index contributed by atoms with van der Waals surface area (Å²) in [6, 6.07) is 6.73. The fraction of sp³-hybridized carbons (Fsp3) is 0.375. The average molecular weight is 525 g/mol. The second kappa shape index (κ2) is 9.79. The third-order valence-corrected chi connectivity index (χ3v) is 5.99. The number of rotatable bonds is 5. The Morgan fingerprint density at radius 3 is 2.56 bits per heavy atom. The summed E-state index contributed by atoms with van der Waals surface area (Å²) >= 11 is 0. The van der Waals surface area contributed by atoms with Crippen molar-refractivity contribution in [3.8, 4) is 17.3 Å². The Hall–Kier alpha value is -3.02. The van der Waals surface area contributed by atoms with Crippen molar-refractivity contribution in [3.05, 3.63) is 54.0 Å². The van der Waals surface area contributed by atoms with Crippen molar-refractivity contribution in [2.45, 2.75) is 44.6 Å². The zero-order chi connectivity index (χ0) is 24.9. The Morgan fingerprint density at radius 2 is 1.89 bits per heavy atom.